The van der Waals surface area contributed by atoms with Crippen molar-refractivity contribution in [2.24, 2.45) is 0 Å². The summed E-state index contributed by atoms with van der Waals surface area (Å²) >= 11 is 3.09. The number of hydrogen-bond acceptors (Lipinski definition) is 8. The summed E-state index contributed by atoms with van der Waals surface area (Å²) in [4.78, 5) is 13.4. The molecule has 4 aromatic heterocycles. The molecule has 0 unspecified atom stereocenters. The molecular formula is C16H16N6OS2. The highest BCUT2D eigenvalue weighted by Gasteiger charge is 2.11. The summed E-state index contributed by atoms with van der Waals surface area (Å²) in [5.41, 5.74) is 3.97. The topological polar surface area (TPSA) is 82.0 Å². The lowest BCUT2D eigenvalue weighted by atomic mass is 10.3. The van der Waals surface area contributed by atoms with E-state index in [9.17, 15) is 0 Å². The zero-order valence-corrected chi connectivity index (χ0v) is 15.7. The van der Waals surface area contributed by atoms with Gasteiger partial charge < -0.3 is 4.42 Å². The molecule has 0 aliphatic carbocycles. The lowest BCUT2D eigenvalue weighted by Crippen LogP contribution is -1.94. The van der Waals surface area contributed by atoms with Gasteiger partial charge in [-0.25, -0.2) is 15.0 Å². The lowest BCUT2D eigenvalue weighted by Gasteiger charge is -1.98. The summed E-state index contributed by atoms with van der Waals surface area (Å²) in [6.07, 6.45) is 2.56. The van der Waals surface area contributed by atoms with E-state index in [2.05, 4.69) is 25.1 Å². The average Bonchev–Trinajstić information content (AvgIpc) is 3.26. The third-order valence-electron chi connectivity index (χ3n) is 3.60. The number of rotatable bonds is 5. The van der Waals surface area contributed by atoms with Gasteiger partial charge in [0, 0.05) is 28.7 Å². The van der Waals surface area contributed by atoms with Gasteiger partial charge in [-0.1, -0.05) is 11.8 Å². The van der Waals surface area contributed by atoms with Gasteiger partial charge in [0.1, 0.15) is 0 Å². The second-order valence-electron chi connectivity index (χ2n) is 5.73. The Hall–Kier alpha value is -2.26. The first-order valence-electron chi connectivity index (χ1n) is 7.75. The Kier molecular flexibility index (Phi) is 4.26. The minimum atomic E-state index is 0.542. The molecule has 0 amide bonds. The zero-order valence-electron chi connectivity index (χ0n) is 14.1. The summed E-state index contributed by atoms with van der Waals surface area (Å²) in [6.45, 7) is 6.00. The third kappa shape index (κ3) is 3.57. The van der Waals surface area contributed by atoms with Crippen molar-refractivity contribution in [3.05, 3.63) is 51.3 Å². The van der Waals surface area contributed by atoms with E-state index in [-0.39, 0.29) is 0 Å². The van der Waals surface area contributed by atoms with Gasteiger partial charge in [-0.15, -0.1) is 21.5 Å². The van der Waals surface area contributed by atoms with Crippen molar-refractivity contribution in [2.75, 3.05) is 0 Å². The van der Waals surface area contributed by atoms with Crippen molar-refractivity contribution < 1.29 is 4.42 Å². The number of aromatic nitrogens is 6. The van der Waals surface area contributed by atoms with Crippen LogP contribution in [-0.4, -0.2) is 29.5 Å². The Bertz CT molecular complexity index is 1030. The highest BCUT2D eigenvalue weighted by Crippen LogP contribution is 2.22. The normalized spacial score (nSPS) is 11.5. The number of aryl methyl sites for hydroxylation is 3. The van der Waals surface area contributed by atoms with Gasteiger partial charge in [0.15, 0.2) is 0 Å². The van der Waals surface area contributed by atoms with Crippen molar-refractivity contribution in [3.8, 4) is 0 Å². The molecule has 0 saturated heterocycles. The second kappa shape index (κ2) is 6.57. The Morgan fingerprint density at radius 1 is 1.12 bits per heavy atom. The first-order valence-corrected chi connectivity index (χ1v) is 9.62. The molecule has 0 bridgehead atoms. The first-order chi connectivity index (χ1) is 12.1. The van der Waals surface area contributed by atoms with Crippen molar-refractivity contribution >= 4 is 28.9 Å². The second-order valence-corrected chi connectivity index (χ2v) is 7.71. The molecule has 0 aliphatic heterocycles. The Morgan fingerprint density at radius 2 is 2.00 bits per heavy atom. The number of thioether (sulfide) groups is 1. The maximum Gasteiger partial charge on any atom is 0.276 e. The van der Waals surface area contributed by atoms with Crippen LogP contribution in [0, 0.1) is 20.8 Å². The van der Waals surface area contributed by atoms with Gasteiger partial charge in [-0.05, 0) is 26.8 Å². The summed E-state index contributed by atoms with van der Waals surface area (Å²) in [6, 6.07) is 2.04. The van der Waals surface area contributed by atoms with Crippen molar-refractivity contribution in [2.45, 2.75) is 38.2 Å². The largest absolute Gasteiger partial charge is 0.416 e. The molecule has 9 heteroatoms. The number of thiazole rings is 1. The van der Waals surface area contributed by atoms with E-state index < -0.39 is 0 Å². The molecule has 0 saturated carbocycles. The number of nitrogens with zero attached hydrogens (tertiary/aromatic N) is 6. The molecule has 7 nitrogen and oxygen atoms in total. The van der Waals surface area contributed by atoms with E-state index in [1.165, 1.54) is 11.8 Å². The van der Waals surface area contributed by atoms with E-state index in [0.29, 0.717) is 23.3 Å². The predicted octanol–water partition coefficient (Wildman–Crippen LogP) is 3.38. The van der Waals surface area contributed by atoms with E-state index in [0.717, 1.165) is 33.6 Å². The minimum absolute atomic E-state index is 0.542. The van der Waals surface area contributed by atoms with Crippen LogP contribution in [0.2, 0.25) is 0 Å². The van der Waals surface area contributed by atoms with Crippen LogP contribution in [0.4, 0.5) is 0 Å². The molecule has 0 aliphatic rings. The Balaban J connectivity index is 1.44. The van der Waals surface area contributed by atoms with Crippen LogP contribution in [0.1, 0.15) is 33.7 Å². The predicted molar refractivity (Wildman–Crippen MR) is 96.0 cm³/mol. The van der Waals surface area contributed by atoms with Gasteiger partial charge in [0.2, 0.25) is 11.7 Å². The van der Waals surface area contributed by atoms with Crippen LogP contribution in [-0.2, 0) is 12.2 Å². The lowest BCUT2D eigenvalue weighted by molar-refractivity contribution is 0.419. The van der Waals surface area contributed by atoms with Crippen LogP contribution < -0.4 is 0 Å². The monoisotopic (exact) mass is 372 g/mol. The minimum Gasteiger partial charge on any atom is -0.416 e. The van der Waals surface area contributed by atoms with Crippen LogP contribution in [0.5, 0.6) is 0 Å². The summed E-state index contributed by atoms with van der Waals surface area (Å²) < 4.78 is 7.68. The van der Waals surface area contributed by atoms with Gasteiger partial charge in [-0.3, -0.25) is 4.40 Å². The van der Waals surface area contributed by atoms with E-state index in [1.807, 2.05) is 42.8 Å². The van der Waals surface area contributed by atoms with Gasteiger partial charge in [0.25, 0.3) is 5.22 Å². The molecular weight excluding hydrogens is 356 g/mol. The fourth-order valence-electron chi connectivity index (χ4n) is 2.54. The molecule has 0 N–H and O–H groups in total. The summed E-state index contributed by atoms with van der Waals surface area (Å²) in [7, 11) is 0. The van der Waals surface area contributed by atoms with E-state index >= 15 is 0 Å². The van der Waals surface area contributed by atoms with Gasteiger partial charge in [-0.2, -0.15) is 0 Å². The molecule has 0 spiro atoms. The number of fused-ring (bicyclic) bond motifs is 1. The molecule has 0 radical (unpaired) electrons. The smallest absolute Gasteiger partial charge is 0.276 e. The number of hydrogen-bond donors (Lipinski definition) is 0. The van der Waals surface area contributed by atoms with Crippen molar-refractivity contribution in [1.29, 1.82) is 0 Å². The first kappa shape index (κ1) is 16.2. The van der Waals surface area contributed by atoms with Crippen molar-refractivity contribution in [1.82, 2.24) is 29.5 Å². The van der Waals surface area contributed by atoms with E-state index in [4.69, 9.17) is 4.42 Å². The SMILES string of the molecule is Cc1cc(C)n2cc(CSc3nnc(Cc4csc(C)n4)o3)nc2n1. The van der Waals surface area contributed by atoms with Crippen LogP contribution >= 0.6 is 23.1 Å². The molecule has 0 fully saturated rings. The molecule has 0 atom stereocenters. The Labute approximate surface area is 152 Å². The Morgan fingerprint density at radius 3 is 2.80 bits per heavy atom. The zero-order chi connectivity index (χ0) is 17.4. The van der Waals surface area contributed by atoms with Gasteiger partial charge in [0.05, 0.1) is 22.8 Å². The highest BCUT2D eigenvalue weighted by atomic mass is 32.2. The highest BCUT2D eigenvalue weighted by molar-refractivity contribution is 7.98. The van der Waals surface area contributed by atoms with Gasteiger partial charge >= 0.3 is 0 Å². The quantitative estimate of drug-likeness (QED) is 0.497. The molecule has 128 valence electrons. The molecule has 4 aromatic rings. The maximum atomic E-state index is 5.69. The van der Waals surface area contributed by atoms with Crippen molar-refractivity contribution in [3.63, 3.8) is 0 Å². The van der Waals surface area contributed by atoms with Crippen LogP contribution in [0.3, 0.4) is 0 Å². The third-order valence-corrected chi connectivity index (χ3v) is 5.28. The molecule has 0 aromatic carbocycles. The average molecular weight is 372 g/mol. The maximum absolute atomic E-state index is 5.69. The molecule has 4 rings (SSSR count). The summed E-state index contributed by atoms with van der Waals surface area (Å²) in [5, 5.41) is 11.8. The summed E-state index contributed by atoms with van der Waals surface area (Å²) in [5.74, 6) is 1.95. The standard InChI is InChI=1S/C16H16N6OS2/c1-9-4-10(2)22-6-13(19-15(22)17-9)8-25-16-21-20-14(23-16)5-12-7-24-11(3)18-12/h4,6-7H,5,8H2,1-3H3. The fourth-order valence-corrected chi connectivity index (χ4v) is 3.81. The van der Waals surface area contributed by atoms with E-state index in [1.54, 1.807) is 11.3 Å². The number of imidazole rings is 1. The molecule has 25 heavy (non-hydrogen) atoms. The van der Waals surface area contributed by atoms with Crippen LogP contribution in [0.15, 0.2) is 27.3 Å². The fraction of sp³-hybridized carbons (Fsp3) is 0.312. The van der Waals surface area contributed by atoms with Crippen LogP contribution in [0.25, 0.3) is 5.78 Å². The molecule has 4 heterocycles.